The van der Waals surface area contributed by atoms with Gasteiger partial charge in [-0.25, -0.2) is 0 Å². The van der Waals surface area contributed by atoms with Gasteiger partial charge in [-0.1, -0.05) is 12.2 Å². The first-order valence-corrected chi connectivity index (χ1v) is 9.45. The van der Waals surface area contributed by atoms with Crippen LogP contribution in [0.3, 0.4) is 0 Å². The molecule has 10 nitrogen and oxygen atoms in total. The number of carbonyl (C=O) groups is 3. The number of carboxylic acid groups (broad SMARTS) is 1. The molecule has 2 aromatic rings. The molecule has 0 aliphatic rings. The van der Waals surface area contributed by atoms with Gasteiger partial charge < -0.3 is 38.7 Å². The van der Waals surface area contributed by atoms with E-state index in [9.17, 15) is 14.4 Å². The molecule has 0 saturated heterocycles. The Kier molecular flexibility index (Phi) is 7.84. The summed E-state index contributed by atoms with van der Waals surface area (Å²) in [7, 11) is 0. The smallest absolute Gasteiger partial charge is 0.303 e. The summed E-state index contributed by atoms with van der Waals surface area (Å²) < 4.78 is 0. The molecule has 0 aromatic heterocycles. The molecule has 2 aromatic carbocycles. The number of carboxylic acids is 1. The van der Waals surface area contributed by atoms with Crippen LogP contribution in [0.1, 0.15) is 32.7 Å². The first kappa shape index (κ1) is 23.1. The van der Waals surface area contributed by atoms with E-state index in [0.717, 1.165) is 0 Å². The molecule has 31 heavy (non-hydrogen) atoms. The van der Waals surface area contributed by atoms with Crippen LogP contribution in [0.4, 0.5) is 22.7 Å². The van der Waals surface area contributed by atoms with Crippen LogP contribution in [-0.2, 0) is 11.2 Å². The minimum atomic E-state index is -0.955. The van der Waals surface area contributed by atoms with Gasteiger partial charge in [0.25, 0.3) is 0 Å². The molecule has 164 valence electrons. The van der Waals surface area contributed by atoms with Gasteiger partial charge in [0, 0.05) is 30.6 Å². The molecule has 0 unspecified atom stereocenters. The van der Waals surface area contributed by atoms with Crippen LogP contribution in [0.5, 0.6) is 0 Å². The number of nitrogens with two attached hydrogens (primary N) is 4. The Morgan fingerprint density at radius 2 is 1.48 bits per heavy atom. The van der Waals surface area contributed by atoms with Crippen LogP contribution in [0.25, 0.3) is 0 Å². The van der Waals surface area contributed by atoms with E-state index in [0.29, 0.717) is 47.0 Å². The van der Waals surface area contributed by atoms with Gasteiger partial charge in [0.05, 0.1) is 22.7 Å². The molecule has 0 bridgehead atoms. The van der Waals surface area contributed by atoms with E-state index in [-0.39, 0.29) is 18.4 Å². The van der Waals surface area contributed by atoms with E-state index in [4.69, 9.17) is 28.0 Å². The Morgan fingerprint density at radius 3 is 2.06 bits per heavy atom. The number of amides is 2. The molecule has 0 aliphatic carbocycles. The first-order valence-electron chi connectivity index (χ1n) is 9.45. The van der Waals surface area contributed by atoms with Gasteiger partial charge in [-0.15, -0.1) is 0 Å². The lowest BCUT2D eigenvalue weighted by molar-refractivity contribution is -0.136. The van der Waals surface area contributed by atoms with Gasteiger partial charge >= 0.3 is 5.97 Å². The van der Waals surface area contributed by atoms with Gasteiger partial charge in [-0.05, 0) is 42.3 Å². The Bertz CT molecular complexity index is 1020. The van der Waals surface area contributed by atoms with Crippen molar-refractivity contribution in [1.82, 2.24) is 0 Å². The zero-order valence-corrected chi connectivity index (χ0v) is 16.9. The highest BCUT2D eigenvalue weighted by atomic mass is 16.4. The maximum Gasteiger partial charge on any atom is 0.303 e. The number of nitrogens with one attached hydrogen (secondary N) is 2. The zero-order chi connectivity index (χ0) is 23.0. The third kappa shape index (κ3) is 6.67. The highest BCUT2D eigenvalue weighted by molar-refractivity contribution is 5.96. The molecule has 0 saturated carbocycles. The van der Waals surface area contributed by atoms with Gasteiger partial charge in [0.2, 0.25) is 11.8 Å². The summed E-state index contributed by atoms with van der Waals surface area (Å²) in [6.07, 6.45) is 3.81. The SMILES string of the molecule is NC(=O)c1ccc(NCC=CCNc2c(N)cc(C(N)=O)cc2CCC(=O)O)c(N)c1. The maximum absolute atomic E-state index is 11.5. The summed E-state index contributed by atoms with van der Waals surface area (Å²) in [6, 6.07) is 7.78. The predicted molar refractivity (Wildman–Crippen MR) is 121 cm³/mol. The van der Waals surface area contributed by atoms with E-state index >= 15 is 0 Å². The Labute approximate surface area is 179 Å². The number of benzene rings is 2. The molecular weight excluding hydrogens is 400 g/mol. The van der Waals surface area contributed by atoms with E-state index in [1.165, 1.54) is 12.1 Å². The minimum Gasteiger partial charge on any atom is -0.481 e. The van der Waals surface area contributed by atoms with Crippen molar-refractivity contribution in [3.05, 3.63) is 59.2 Å². The number of rotatable bonds is 11. The fraction of sp³-hybridized carbons (Fsp3) is 0.190. The number of anilines is 4. The second-order valence-corrected chi connectivity index (χ2v) is 6.76. The Hall–Kier alpha value is -4.21. The van der Waals surface area contributed by atoms with Crippen LogP contribution < -0.4 is 33.6 Å². The van der Waals surface area contributed by atoms with Crippen molar-refractivity contribution in [2.75, 3.05) is 35.2 Å². The summed E-state index contributed by atoms with van der Waals surface area (Å²) in [6.45, 7) is 0.891. The highest BCUT2D eigenvalue weighted by Gasteiger charge is 2.12. The van der Waals surface area contributed by atoms with Gasteiger partial charge in [-0.2, -0.15) is 0 Å². The van der Waals surface area contributed by atoms with Crippen molar-refractivity contribution in [1.29, 1.82) is 0 Å². The van der Waals surface area contributed by atoms with E-state index < -0.39 is 17.8 Å². The monoisotopic (exact) mass is 426 g/mol. The van der Waals surface area contributed by atoms with Crippen molar-refractivity contribution >= 4 is 40.5 Å². The number of hydrogen-bond acceptors (Lipinski definition) is 7. The fourth-order valence-electron chi connectivity index (χ4n) is 2.90. The summed E-state index contributed by atoms with van der Waals surface area (Å²) >= 11 is 0. The van der Waals surface area contributed by atoms with Gasteiger partial charge in [0.1, 0.15) is 0 Å². The molecule has 11 N–H and O–H groups in total. The molecule has 2 amide bonds. The number of carbonyl (C=O) groups excluding carboxylic acids is 2. The molecule has 0 heterocycles. The standard InChI is InChI=1S/C21H26N6O4/c22-15-10-13(20(24)30)3-5-17(15)26-7-1-2-8-27-19-12(4-6-18(28)29)9-14(21(25)31)11-16(19)23/h1-3,5,9-11,26-27H,4,6-8,22-23H2,(H2,24,30)(H2,25,31)(H,28,29). The second kappa shape index (κ2) is 10.5. The average Bonchev–Trinajstić information content (AvgIpc) is 2.70. The zero-order valence-electron chi connectivity index (χ0n) is 16.9. The number of aryl methyl sites for hydroxylation is 1. The third-order valence-corrected chi connectivity index (χ3v) is 4.45. The minimum absolute atomic E-state index is 0.105. The molecule has 0 spiro atoms. The van der Waals surface area contributed by atoms with Crippen molar-refractivity contribution in [2.45, 2.75) is 12.8 Å². The van der Waals surface area contributed by atoms with E-state index in [2.05, 4.69) is 10.6 Å². The summed E-state index contributed by atoms with van der Waals surface area (Å²) in [5.41, 5.74) is 25.6. The molecule has 0 fully saturated rings. The normalized spacial score (nSPS) is 10.7. The number of nitrogen functional groups attached to an aromatic ring is 2. The van der Waals surface area contributed by atoms with E-state index in [1.807, 2.05) is 12.2 Å². The van der Waals surface area contributed by atoms with Crippen molar-refractivity contribution in [3.63, 3.8) is 0 Å². The van der Waals surface area contributed by atoms with Crippen LogP contribution in [0.15, 0.2) is 42.5 Å². The number of primary amides is 2. The molecule has 0 radical (unpaired) electrons. The molecule has 10 heteroatoms. The summed E-state index contributed by atoms with van der Waals surface area (Å²) in [5.74, 6) is -2.14. The maximum atomic E-state index is 11.5. The first-order chi connectivity index (χ1) is 14.7. The topological polar surface area (TPSA) is 200 Å². The number of hydrogen-bond donors (Lipinski definition) is 7. The Balaban J connectivity index is 1.98. The quantitative estimate of drug-likeness (QED) is 0.205. The summed E-state index contributed by atoms with van der Waals surface area (Å²) in [5, 5.41) is 15.2. The highest BCUT2D eigenvalue weighted by Crippen LogP contribution is 2.27. The third-order valence-electron chi connectivity index (χ3n) is 4.45. The lowest BCUT2D eigenvalue weighted by atomic mass is 10.0. The van der Waals surface area contributed by atoms with Crippen LogP contribution >= 0.6 is 0 Å². The predicted octanol–water partition coefficient (Wildman–Crippen LogP) is 1.15. The Morgan fingerprint density at radius 1 is 0.871 bits per heavy atom. The van der Waals surface area contributed by atoms with Crippen LogP contribution in [-0.4, -0.2) is 36.0 Å². The van der Waals surface area contributed by atoms with Gasteiger partial charge in [0.15, 0.2) is 0 Å². The lowest BCUT2D eigenvalue weighted by Crippen LogP contribution is -2.14. The lowest BCUT2D eigenvalue weighted by Gasteiger charge is -2.15. The van der Waals surface area contributed by atoms with Crippen molar-refractivity contribution in [2.24, 2.45) is 11.5 Å². The van der Waals surface area contributed by atoms with Gasteiger partial charge in [-0.3, -0.25) is 14.4 Å². The van der Waals surface area contributed by atoms with Crippen LogP contribution in [0, 0.1) is 0 Å². The van der Waals surface area contributed by atoms with Crippen molar-refractivity contribution in [3.8, 4) is 0 Å². The fourth-order valence-corrected chi connectivity index (χ4v) is 2.90. The van der Waals surface area contributed by atoms with E-state index in [1.54, 1.807) is 18.2 Å². The second-order valence-electron chi connectivity index (χ2n) is 6.76. The molecular formula is C21H26N6O4. The molecule has 0 aliphatic heterocycles. The number of aliphatic carboxylic acids is 1. The average molecular weight is 426 g/mol. The summed E-state index contributed by atoms with van der Waals surface area (Å²) in [4.78, 5) is 33.5. The largest absolute Gasteiger partial charge is 0.481 e. The molecule has 2 rings (SSSR count). The molecule has 0 atom stereocenters. The van der Waals surface area contributed by atoms with Crippen LogP contribution in [0.2, 0.25) is 0 Å². The van der Waals surface area contributed by atoms with Crippen molar-refractivity contribution < 1.29 is 19.5 Å².